The highest BCUT2D eigenvalue weighted by molar-refractivity contribution is 5.85. The first-order valence-corrected chi connectivity index (χ1v) is 8.78. The molecule has 0 radical (unpaired) electrons. The minimum atomic E-state index is -0.515. The molecule has 0 saturated carbocycles. The van der Waals surface area contributed by atoms with Crippen LogP contribution in [0.1, 0.15) is 44.2 Å². The third-order valence-corrected chi connectivity index (χ3v) is 5.50. The van der Waals surface area contributed by atoms with Gasteiger partial charge in [-0.05, 0) is 31.2 Å². The fourth-order valence-electron chi connectivity index (χ4n) is 3.90. The summed E-state index contributed by atoms with van der Waals surface area (Å²) in [7, 11) is 1.68. The van der Waals surface area contributed by atoms with Gasteiger partial charge in [-0.25, -0.2) is 4.39 Å². The summed E-state index contributed by atoms with van der Waals surface area (Å²) < 4.78 is 14.3. The largest absolute Gasteiger partial charge is 0.342 e. The van der Waals surface area contributed by atoms with Gasteiger partial charge in [-0.1, -0.05) is 25.1 Å². The topological polar surface area (TPSA) is 40.6 Å². The first-order valence-electron chi connectivity index (χ1n) is 8.78. The van der Waals surface area contributed by atoms with Crippen molar-refractivity contribution in [1.82, 2.24) is 9.80 Å². The quantitative estimate of drug-likeness (QED) is 0.835. The lowest BCUT2D eigenvalue weighted by atomic mass is 9.83. The minimum absolute atomic E-state index is 0.0282. The Kier molecular flexibility index (Phi) is 4.88. The normalized spacial score (nSPS) is 25.9. The van der Waals surface area contributed by atoms with Gasteiger partial charge in [0.2, 0.25) is 11.8 Å². The summed E-state index contributed by atoms with van der Waals surface area (Å²) in [4.78, 5) is 28.7. The smallest absolute Gasteiger partial charge is 0.228 e. The van der Waals surface area contributed by atoms with Crippen molar-refractivity contribution in [3.8, 4) is 0 Å². The van der Waals surface area contributed by atoms with Gasteiger partial charge >= 0.3 is 0 Å². The summed E-state index contributed by atoms with van der Waals surface area (Å²) in [6, 6.07) is 5.96. The van der Waals surface area contributed by atoms with Gasteiger partial charge in [0.05, 0.1) is 12.0 Å². The van der Waals surface area contributed by atoms with E-state index in [-0.39, 0.29) is 23.5 Å². The van der Waals surface area contributed by atoms with E-state index in [4.69, 9.17) is 0 Å². The number of likely N-dealkylation sites (tertiary alicyclic amines) is 2. The van der Waals surface area contributed by atoms with Crippen LogP contribution in [0.3, 0.4) is 0 Å². The Bertz CT molecular complexity index is 626. The molecule has 2 heterocycles. The molecule has 2 aliphatic heterocycles. The average molecular weight is 332 g/mol. The van der Waals surface area contributed by atoms with E-state index >= 15 is 0 Å². The Labute approximate surface area is 142 Å². The third-order valence-electron chi connectivity index (χ3n) is 5.50. The summed E-state index contributed by atoms with van der Waals surface area (Å²) in [6.07, 6.45) is 2.87. The van der Waals surface area contributed by atoms with Crippen molar-refractivity contribution < 1.29 is 14.0 Å². The summed E-state index contributed by atoms with van der Waals surface area (Å²) >= 11 is 0. The van der Waals surface area contributed by atoms with E-state index in [0.717, 1.165) is 25.9 Å². The Morgan fingerprint density at radius 1 is 1.17 bits per heavy atom. The van der Waals surface area contributed by atoms with Crippen LogP contribution in [-0.4, -0.2) is 41.8 Å². The zero-order chi connectivity index (χ0) is 17.3. The van der Waals surface area contributed by atoms with Crippen molar-refractivity contribution in [1.29, 1.82) is 0 Å². The van der Waals surface area contributed by atoms with E-state index < -0.39 is 6.04 Å². The Morgan fingerprint density at radius 2 is 1.83 bits per heavy atom. The number of carbonyl (C=O) groups is 2. The lowest BCUT2D eigenvalue weighted by molar-refractivity contribution is -0.147. The number of carbonyl (C=O) groups excluding carboxylic acids is 2. The summed E-state index contributed by atoms with van der Waals surface area (Å²) in [6.45, 7) is 3.73. The maximum Gasteiger partial charge on any atom is 0.228 e. The van der Waals surface area contributed by atoms with Crippen LogP contribution in [0.15, 0.2) is 24.3 Å². The molecule has 130 valence electrons. The van der Waals surface area contributed by atoms with Gasteiger partial charge in [0.1, 0.15) is 5.82 Å². The van der Waals surface area contributed by atoms with Gasteiger partial charge in [-0.3, -0.25) is 9.59 Å². The Hall–Kier alpha value is -1.91. The molecule has 2 saturated heterocycles. The van der Waals surface area contributed by atoms with Crippen LogP contribution in [0.4, 0.5) is 4.39 Å². The zero-order valence-electron chi connectivity index (χ0n) is 14.4. The molecule has 5 heteroatoms. The number of piperidine rings is 2. The van der Waals surface area contributed by atoms with E-state index in [9.17, 15) is 14.0 Å². The van der Waals surface area contributed by atoms with Crippen LogP contribution in [-0.2, 0) is 9.59 Å². The summed E-state index contributed by atoms with van der Waals surface area (Å²) in [5.74, 6) is -0.0341. The van der Waals surface area contributed by atoms with Crippen molar-refractivity contribution in [3.63, 3.8) is 0 Å². The molecular weight excluding hydrogens is 307 g/mol. The first-order chi connectivity index (χ1) is 11.5. The standard InChI is InChI=1S/C19H25FN2O2/c1-13-9-11-22(12-10-13)19(24)15-7-8-17(23)21(2)18(15)14-5-3-4-6-16(14)20/h3-6,13,15,18H,7-12H2,1-2H3/t15-,18-/m1/s1. The fourth-order valence-corrected chi connectivity index (χ4v) is 3.90. The zero-order valence-corrected chi connectivity index (χ0v) is 14.4. The SMILES string of the molecule is CC1CCN(C(=O)[C@@H]2CCC(=O)N(C)[C@@H]2c2ccccc2F)CC1. The number of hydrogen-bond donors (Lipinski definition) is 0. The molecule has 1 aromatic rings. The van der Waals surface area contributed by atoms with Crippen LogP contribution in [0, 0.1) is 17.7 Å². The molecule has 24 heavy (non-hydrogen) atoms. The highest BCUT2D eigenvalue weighted by atomic mass is 19.1. The molecule has 0 aliphatic carbocycles. The van der Waals surface area contributed by atoms with Crippen LogP contribution >= 0.6 is 0 Å². The van der Waals surface area contributed by atoms with Gasteiger partial charge in [0, 0.05) is 32.1 Å². The molecule has 4 nitrogen and oxygen atoms in total. The number of halogens is 1. The molecule has 2 aliphatic rings. The van der Waals surface area contributed by atoms with Crippen LogP contribution in [0.5, 0.6) is 0 Å². The van der Waals surface area contributed by atoms with Gasteiger partial charge in [0.15, 0.2) is 0 Å². The monoisotopic (exact) mass is 332 g/mol. The average Bonchev–Trinajstić information content (AvgIpc) is 2.58. The number of rotatable bonds is 2. The highest BCUT2D eigenvalue weighted by Gasteiger charge is 2.41. The van der Waals surface area contributed by atoms with Gasteiger partial charge in [-0.2, -0.15) is 0 Å². The fraction of sp³-hybridized carbons (Fsp3) is 0.579. The van der Waals surface area contributed by atoms with Crippen LogP contribution in [0.25, 0.3) is 0 Å². The van der Waals surface area contributed by atoms with E-state index in [2.05, 4.69) is 6.92 Å². The lowest BCUT2D eigenvalue weighted by Crippen LogP contribution is -2.49. The molecule has 0 N–H and O–H groups in total. The number of amides is 2. The Morgan fingerprint density at radius 3 is 2.50 bits per heavy atom. The summed E-state index contributed by atoms with van der Waals surface area (Å²) in [5.41, 5.74) is 0.441. The molecular formula is C19H25FN2O2. The molecule has 0 bridgehead atoms. The molecule has 0 unspecified atom stereocenters. The Balaban J connectivity index is 1.88. The molecule has 3 rings (SSSR count). The first kappa shape index (κ1) is 16.9. The molecule has 0 spiro atoms. The molecule has 2 fully saturated rings. The van der Waals surface area contributed by atoms with Gasteiger partial charge in [-0.15, -0.1) is 0 Å². The second-order valence-electron chi connectivity index (χ2n) is 7.12. The van der Waals surface area contributed by atoms with Gasteiger partial charge < -0.3 is 9.80 Å². The maximum atomic E-state index is 14.3. The second kappa shape index (κ2) is 6.91. The summed E-state index contributed by atoms with van der Waals surface area (Å²) in [5, 5.41) is 0. The predicted octanol–water partition coefficient (Wildman–Crippen LogP) is 2.99. The van der Waals surface area contributed by atoms with Gasteiger partial charge in [0.25, 0.3) is 0 Å². The van der Waals surface area contributed by atoms with Crippen molar-refractivity contribution >= 4 is 11.8 Å². The number of benzene rings is 1. The van der Waals surface area contributed by atoms with E-state index in [1.165, 1.54) is 6.07 Å². The minimum Gasteiger partial charge on any atom is -0.342 e. The molecule has 2 atom stereocenters. The number of nitrogens with zero attached hydrogens (tertiary/aromatic N) is 2. The third kappa shape index (κ3) is 3.17. The van der Waals surface area contributed by atoms with Crippen molar-refractivity contribution in [2.24, 2.45) is 11.8 Å². The predicted molar refractivity (Wildman–Crippen MR) is 89.6 cm³/mol. The number of hydrogen-bond acceptors (Lipinski definition) is 2. The maximum absolute atomic E-state index is 14.3. The van der Waals surface area contributed by atoms with E-state index in [1.54, 1.807) is 30.1 Å². The molecule has 2 amide bonds. The lowest BCUT2D eigenvalue weighted by Gasteiger charge is -2.41. The van der Waals surface area contributed by atoms with Crippen LogP contribution in [0.2, 0.25) is 0 Å². The van der Waals surface area contributed by atoms with E-state index in [1.807, 2.05) is 4.90 Å². The van der Waals surface area contributed by atoms with E-state index in [0.29, 0.717) is 24.3 Å². The highest BCUT2D eigenvalue weighted by Crippen LogP contribution is 2.38. The second-order valence-corrected chi connectivity index (χ2v) is 7.12. The van der Waals surface area contributed by atoms with Crippen molar-refractivity contribution in [2.45, 2.75) is 38.6 Å². The van der Waals surface area contributed by atoms with Crippen molar-refractivity contribution in [3.05, 3.63) is 35.6 Å². The molecule has 0 aromatic heterocycles. The van der Waals surface area contributed by atoms with Crippen molar-refractivity contribution in [2.75, 3.05) is 20.1 Å². The van der Waals surface area contributed by atoms with Crippen LogP contribution < -0.4 is 0 Å². The molecule has 1 aromatic carbocycles.